The number of furan rings is 2. The highest BCUT2D eigenvalue weighted by Crippen LogP contribution is 2.18. The van der Waals surface area contributed by atoms with Gasteiger partial charge < -0.3 is 13.9 Å². The Kier molecular flexibility index (Phi) is 4.03. The molecule has 0 aliphatic carbocycles. The van der Waals surface area contributed by atoms with Gasteiger partial charge in [0.2, 0.25) is 0 Å². The Labute approximate surface area is 126 Å². The number of carbonyl (C=O) groups is 1. The van der Waals surface area contributed by atoms with E-state index in [-0.39, 0.29) is 6.61 Å². The fourth-order valence-corrected chi connectivity index (χ4v) is 2.18. The molecule has 0 unspecified atom stereocenters. The molecule has 0 radical (unpaired) electrons. The van der Waals surface area contributed by atoms with Crippen LogP contribution in [0.5, 0.6) is 0 Å². The van der Waals surface area contributed by atoms with Crippen molar-refractivity contribution in [3.8, 4) is 0 Å². The summed E-state index contributed by atoms with van der Waals surface area (Å²) in [6.45, 7) is -0.0331. The number of para-hydroxylation sites is 2. The summed E-state index contributed by atoms with van der Waals surface area (Å²) >= 11 is 0. The van der Waals surface area contributed by atoms with Gasteiger partial charge in [-0.2, -0.15) is 0 Å². The highest BCUT2D eigenvalue weighted by Gasteiger charge is 2.00. The number of hydrogen-bond donors (Lipinski definition) is 1. The Bertz CT molecular complexity index is 835. The zero-order chi connectivity index (χ0) is 15.4. The molecule has 0 spiro atoms. The molecule has 2 aromatic heterocycles. The molecule has 0 saturated carbocycles. The van der Waals surface area contributed by atoms with Crippen molar-refractivity contribution >= 4 is 28.2 Å². The molecule has 4 aromatic rings. The number of aliphatic hydroxyl groups is 1. The van der Waals surface area contributed by atoms with Gasteiger partial charge in [0.05, 0.1) is 0 Å². The van der Waals surface area contributed by atoms with Gasteiger partial charge in [0.1, 0.15) is 23.5 Å². The molecular formula is C18H14O4. The van der Waals surface area contributed by atoms with Crippen LogP contribution in [0.3, 0.4) is 0 Å². The number of fused-ring (bicyclic) bond motifs is 2. The second-order valence-electron chi connectivity index (χ2n) is 4.71. The van der Waals surface area contributed by atoms with Gasteiger partial charge in [-0.3, -0.25) is 4.79 Å². The Hall–Kier alpha value is -2.85. The van der Waals surface area contributed by atoms with Crippen molar-refractivity contribution in [1.82, 2.24) is 0 Å². The summed E-state index contributed by atoms with van der Waals surface area (Å²) < 4.78 is 10.4. The van der Waals surface area contributed by atoms with Crippen LogP contribution in [0.1, 0.15) is 16.3 Å². The summed E-state index contributed by atoms with van der Waals surface area (Å²) in [5.74, 6) is 0.998. The third-order valence-corrected chi connectivity index (χ3v) is 3.19. The highest BCUT2D eigenvalue weighted by molar-refractivity contribution is 5.84. The predicted octanol–water partition coefficient (Wildman–Crippen LogP) is 4.17. The molecule has 0 fully saturated rings. The molecule has 0 amide bonds. The van der Waals surface area contributed by atoms with E-state index in [1.807, 2.05) is 54.6 Å². The minimum atomic E-state index is -0.0331. The van der Waals surface area contributed by atoms with Gasteiger partial charge in [0.15, 0.2) is 12.0 Å². The van der Waals surface area contributed by atoms with Crippen LogP contribution in [0.25, 0.3) is 21.9 Å². The van der Waals surface area contributed by atoms with E-state index in [0.29, 0.717) is 17.8 Å². The fourth-order valence-electron chi connectivity index (χ4n) is 2.18. The van der Waals surface area contributed by atoms with Crippen molar-refractivity contribution in [3.63, 3.8) is 0 Å². The molecule has 0 aliphatic heterocycles. The van der Waals surface area contributed by atoms with Crippen molar-refractivity contribution in [3.05, 3.63) is 72.2 Å². The molecular weight excluding hydrogens is 280 g/mol. The molecule has 1 N–H and O–H groups in total. The SMILES string of the molecule is O=Cc1cc2ccccc2o1.OCc1cc2ccccc2o1. The maximum absolute atomic E-state index is 10.3. The summed E-state index contributed by atoms with van der Waals surface area (Å²) in [7, 11) is 0. The van der Waals surface area contributed by atoms with E-state index in [9.17, 15) is 4.79 Å². The second-order valence-corrected chi connectivity index (χ2v) is 4.71. The summed E-state index contributed by atoms with van der Waals surface area (Å²) in [4.78, 5) is 10.3. The number of carbonyl (C=O) groups excluding carboxylic acids is 1. The lowest BCUT2D eigenvalue weighted by atomic mass is 10.2. The summed E-state index contributed by atoms with van der Waals surface area (Å²) in [5, 5.41) is 10.8. The van der Waals surface area contributed by atoms with Gasteiger partial charge in [0.25, 0.3) is 0 Å². The van der Waals surface area contributed by atoms with Crippen LogP contribution >= 0.6 is 0 Å². The molecule has 2 heterocycles. The van der Waals surface area contributed by atoms with Crippen LogP contribution in [0.15, 0.2) is 69.5 Å². The van der Waals surface area contributed by atoms with E-state index in [1.165, 1.54) is 0 Å². The normalized spacial score (nSPS) is 10.4. The van der Waals surface area contributed by atoms with Gasteiger partial charge >= 0.3 is 0 Å². The number of benzene rings is 2. The topological polar surface area (TPSA) is 63.6 Å². The van der Waals surface area contributed by atoms with Crippen LogP contribution < -0.4 is 0 Å². The van der Waals surface area contributed by atoms with E-state index in [2.05, 4.69) is 0 Å². The molecule has 4 nitrogen and oxygen atoms in total. The Morgan fingerprint density at radius 1 is 0.864 bits per heavy atom. The smallest absolute Gasteiger partial charge is 0.185 e. The Morgan fingerprint density at radius 3 is 2.00 bits per heavy atom. The van der Waals surface area contributed by atoms with Crippen LogP contribution in [0.4, 0.5) is 0 Å². The summed E-state index contributed by atoms with van der Waals surface area (Å²) in [6, 6.07) is 18.8. The van der Waals surface area contributed by atoms with E-state index < -0.39 is 0 Å². The van der Waals surface area contributed by atoms with Crippen LogP contribution in [-0.2, 0) is 6.61 Å². The standard InChI is InChI=1S/C9H8O2.C9H6O2/c2*10-6-8-5-7-3-1-2-4-9(7)11-8/h1-5,10H,6H2;1-6H. The second kappa shape index (κ2) is 6.28. The molecule has 0 bridgehead atoms. The van der Waals surface area contributed by atoms with Gasteiger partial charge in [-0.1, -0.05) is 36.4 Å². The summed E-state index contributed by atoms with van der Waals surface area (Å²) in [5.41, 5.74) is 1.59. The molecule has 4 heteroatoms. The maximum atomic E-state index is 10.3. The largest absolute Gasteiger partial charge is 0.459 e. The van der Waals surface area contributed by atoms with Crippen LogP contribution in [0, 0.1) is 0 Å². The highest BCUT2D eigenvalue weighted by atomic mass is 16.4. The third kappa shape index (κ3) is 2.92. The predicted molar refractivity (Wildman–Crippen MR) is 83.7 cm³/mol. The van der Waals surface area contributed by atoms with Gasteiger partial charge in [-0.15, -0.1) is 0 Å². The quantitative estimate of drug-likeness (QED) is 0.563. The summed E-state index contributed by atoms with van der Waals surface area (Å²) in [6.07, 6.45) is 0.708. The van der Waals surface area contributed by atoms with Crippen LogP contribution in [-0.4, -0.2) is 11.4 Å². The molecule has 0 aliphatic rings. The molecule has 22 heavy (non-hydrogen) atoms. The molecule has 110 valence electrons. The zero-order valence-electron chi connectivity index (χ0n) is 11.7. The molecule has 2 aromatic carbocycles. The lowest BCUT2D eigenvalue weighted by molar-refractivity contribution is 0.110. The fraction of sp³-hybridized carbons (Fsp3) is 0.0556. The monoisotopic (exact) mass is 294 g/mol. The van der Waals surface area contributed by atoms with Crippen molar-refractivity contribution in [2.24, 2.45) is 0 Å². The van der Waals surface area contributed by atoms with E-state index in [0.717, 1.165) is 21.9 Å². The molecule has 0 saturated heterocycles. The average molecular weight is 294 g/mol. The zero-order valence-corrected chi connectivity index (χ0v) is 11.7. The third-order valence-electron chi connectivity index (χ3n) is 3.19. The van der Waals surface area contributed by atoms with Crippen molar-refractivity contribution < 1.29 is 18.7 Å². The number of aliphatic hydroxyl groups excluding tert-OH is 1. The molecule has 0 atom stereocenters. The molecule has 4 rings (SSSR count). The number of rotatable bonds is 2. The Balaban J connectivity index is 0.000000131. The average Bonchev–Trinajstić information content (AvgIpc) is 3.18. The first-order chi connectivity index (χ1) is 10.8. The minimum absolute atomic E-state index is 0.0331. The maximum Gasteiger partial charge on any atom is 0.185 e. The van der Waals surface area contributed by atoms with Gasteiger partial charge in [0, 0.05) is 10.8 Å². The van der Waals surface area contributed by atoms with Gasteiger partial charge in [-0.25, -0.2) is 0 Å². The first kappa shape index (κ1) is 14.1. The van der Waals surface area contributed by atoms with Crippen molar-refractivity contribution in [1.29, 1.82) is 0 Å². The lowest BCUT2D eigenvalue weighted by Crippen LogP contribution is -1.72. The number of hydrogen-bond acceptors (Lipinski definition) is 4. The van der Waals surface area contributed by atoms with Gasteiger partial charge in [-0.05, 0) is 24.3 Å². The number of aldehydes is 1. The van der Waals surface area contributed by atoms with Crippen molar-refractivity contribution in [2.45, 2.75) is 6.61 Å². The lowest BCUT2D eigenvalue weighted by Gasteiger charge is -1.83. The van der Waals surface area contributed by atoms with E-state index in [4.69, 9.17) is 13.9 Å². The van der Waals surface area contributed by atoms with Crippen LogP contribution in [0.2, 0.25) is 0 Å². The van der Waals surface area contributed by atoms with E-state index >= 15 is 0 Å². The van der Waals surface area contributed by atoms with Crippen molar-refractivity contribution in [2.75, 3.05) is 0 Å². The van der Waals surface area contributed by atoms with E-state index in [1.54, 1.807) is 6.07 Å². The first-order valence-electron chi connectivity index (χ1n) is 6.82. The first-order valence-corrected chi connectivity index (χ1v) is 6.82. The Morgan fingerprint density at radius 2 is 1.45 bits per heavy atom. The minimum Gasteiger partial charge on any atom is -0.459 e.